The zero-order chi connectivity index (χ0) is 25.7. The molecular weight excluding hydrogens is 456 g/mol. The number of rotatable bonds is 7. The highest BCUT2D eigenvalue weighted by Gasteiger charge is 2.37. The second-order valence-electron chi connectivity index (χ2n) is 9.25. The number of carbonyl (C=O) groups is 3. The number of benzene rings is 2. The molecule has 0 atom stereocenters. The van der Waals surface area contributed by atoms with Crippen LogP contribution >= 0.6 is 0 Å². The van der Waals surface area contributed by atoms with E-state index in [2.05, 4.69) is 5.32 Å². The van der Waals surface area contributed by atoms with Gasteiger partial charge >= 0.3 is 5.97 Å². The minimum atomic E-state index is -0.564. The average molecular weight is 489 g/mol. The van der Waals surface area contributed by atoms with Crippen LogP contribution in [0.15, 0.2) is 65.4 Å². The minimum Gasteiger partial charge on any atom is -0.484 e. The van der Waals surface area contributed by atoms with E-state index >= 15 is 0 Å². The van der Waals surface area contributed by atoms with Crippen molar-refractivity contribution in [1.82, 2.24) is 5.32 Å². The van der Waals surface area contributed by atoms with Gasteiger partial charge in [-0.1, -0.05) is 49.1 Å². The van der Waals surface area contributed by atoms with Gasteiger partial charge in [-0.2, -0.15) is 0 Å². The summed E-state index contributed by atoms with van der Waals surface area (Å²) in [7, 11) is 1.30. The predicted molar refractivity (Wildman–Crippen MR) is 138 cm³/mol. The maximum absolute atomic E-state index is 13.4. The Morgan fingerprint density at radius 2 is 1.67 bits per heavy atom. The molecule has 1 aliphatic carbocycles. The first kappa shape index (κ1) is 25.2. The van der Waals surface area contributed by atoms with Gasteiger partial charge in [0.15, 0.2) is 6.61 Å². The number of hydrogen-bond acceptors (Lipinski definition) is 5. The molecule has 2 aromatic carbocycles. The summed E-state index contributed by atoms with van der Waals surface area (Å²) in [5.41, 5.74) is 3.50. The van der Waals surface area contributed by atoms with Gasteiger partial charge < -0.3 is 14.8 Å². The maximum Gasteiger partial charge on any atom is 0.340 e. The van der Waals surface area contributed by atoms with E-state index in [1.54, 1.807) is 37.3 Å². The zero-order valence-corrected chi connectivity index (χ0v) is 21.0. The number of ether oxygens (including phenoxy) is 2. The number of esters is 1. The molecule has 1 aliphatic heterocycles. The Balaban J connectivity index is 1.48. The minimum absolute atomic E-state index is 0.0463. The second kappa shape index (κ2) is 11.2. The molecule has 1 heterocycles. The van der Waals surface area contributed by atoms with Gasteiger partial charge in [0.05, 0.1) is 18.3 Å². The van der Waals surface area contributed by atoms with Crippen LogP contribution in [0.4, 0.5) is 5.69 Å². The lowest BCUT2D eigenvalue weighted by Crippen LogP contribution is -2.38. The first-order valence-electron chi connectivity index (χ1n) is 12.3. The number of hydrogen-bond donors (Lipinski definition) is 1. The molecule has 1 saturated carbocycles. The summed E-state index contributed by atoms with van der Waals surface area (Å²) in [5, 5.41) is 3.03. The molecule has 0 unspecified atom stereocenters. The number of allylic oxidation sites excluding steroid dienone is 1. The van der Waals surface area contributed by atoms with Crippen LogP contribution in [0.25, 0.3) is 6.08 Å². The number of carbonyl (C=O) groups excluding carboxylic acids is 3. The van der Waals surface area contributed by atoms with Crippen molar-refractivity contribution in [1.29, 1.82) is 0 Å². The van der Waals surface area contributed by atoms with Crippen molar-refractivity contribution in [3.63, 3.8) is 0 Å². The fraction of sp³-hybridized carbons (Fsp3) is 0.345. The molecule has 0 bridgehead atoms. The SMILES string of the molecule is COC(=O)C1=C(C)N(c2ccc(C)cc2)C(=O)/C1=C\c1ccc(OCC(=O)NC2CCCCC2)cc1. The van der Waals surface area contributed by atoms with Crippen molar-refractivity contribution in [2.75, 3.05) is 18.6 Å². The maximum atomic E-state index is 13.4. The quantitative estimate of drug-likeness (QED) is 0.451. The third kappa shape index (κ3) is 5.67. The summed E-state index contributed by atoms with van der Waals surface area (Å²) in [6.45, 7) is 3.66. The Hall–Kier alpha value is -3.87. The van der Waals surface area contributed by atoms with Crippen molar-refractivity contribution in [2.24, 2.45) is 0 Å². The third-order valence-electron chi connectivity index (χ3n) is 6.61. The van der Waals surface area contributed by atoms with E-state index in [1.807, 2.05) is 31.2 Å². The lowest BCUT2D eigenvalue weighted by atomic mass is 9.95. The van der Waals surface area contributed by atoms with E-state index < -0.39 is 5.97 Å². The molecule has 7 heteroatoms. The molecular formula is C29H32N2O5. The van der Waals surface area contributed by atoms with Crippen molar-refractivity contribution in [2.45, 2.75) is 52.0 Å². The standard InChI is InChI=1S/C29H32N2O5/c1-19-9-13-23(14-10-19)31-20(2)27(29(34)35-3)25(28(31)33)17-21-11-15-24(16-12-21)36-18-26(32)30-22-7-5-4-6-8-22/h9-17,22H,4-8,18H2,1-3H3,(H,30,32)/b25-17-. The van der Waals surface area contributed by atoms with Crippen LogP contribution in [-0.2, 0) is 19.1 Å². The third-order valence-corrected chi connectivity index (χ3v) is 6.61. The molecule has 7 nitrogen and oxygen atoms in total. The molecule has 1 N–H and O–H groups in total. The smallest absolute Gasteiger partial charge is 0.340 e. The Morgan fingerprint density at radius 1 is 1.00 bits per heavy atom. The Labute approximate surface area is 211 Å². The van der Waals surface area contributed by atoms with E-state index in [4.69, 9.17) is 9.47 Å². The molecule has 4 rings (SSSR count). The van der Waals surface area contributed by atoms with Gasteiger partial charge in [0.25, 0.3) is 11.8 Å². The second-order valence-corrected chi connectivity index (χ2v) is 9.25. The van der Waals surface area contributed by atoms with Gasteiger partial charge in [-0.15, -0.1) is 0 Å². The molecule has 0 saturated heterocycles. The first-order valence-corrected chi connectivity index (χ1v) is 12.3. The van der Waals surface area contributed by atoms with Crippen LogP contribution < -0.4 is 15.0 Å². The van der Waals surface area contributed by atoms with Crippen LogP contribution in [-0.4, -0.2) is 37.5 Å². The summed E-state index contributed by atoms with van der Waals surface area (Å²) in [4.78, 5) is 39.7. The first-order chi connectivity index (χ1) is 17.4. The fourth-order valence-electron chi connectivity index (χ4n) is 4.68. The molecule has 36 heavy (non-hydrogen) atoms. The van der Waals surface area contributed by atoms with Gasteiger partial charge in [0.1, 0.15) is 5.75 Å². The molecule has 1 fully saturated rings. The highest BCUT2D eigenvalue weighted by molar-refractivity contribution is 6.23. The molecule has 2 aromatic rings. The van der Waals surface area contributed by atoms with Gasteiger partial charge in [-0.25, -0.2) is 4.79 Å². The summed E-state index contributed by atoms with van der Waals surface area (Å²) in [5.74, 6) is -0.429. The lowest BCUT2D eigenvalue weighted by molar-refractivity contribution is -0.136. The highest BCUT2D eigenvalue weighted by atomic mass is 16.5. The topological polar surface area (TPSA) is 84.9 Å². The number of amides is 2. The fourth-order valence-corrected chi connectivity index (χ4v) is 4.68. The van der Waals surface area contributed by atoms with Crippen molar-refractivity contribution >= 4 is 29.5 Å². The summed E-state index contributed by atoms with van der Waals surface area (Å²) >= 11 is 0. The lowest BCUT2D eigenvalue weighted by Gasteiger charge is -2.22. The van der Waals surface area contributed by atoms with Crippen molar-refractivity contribution in [3.8, 4) is 5.75 Å². The van der Waals surface area contributed by atoms with Gasteiger partial charge in [0.2, 0.25) is 0 Å². The normalized spacial score (nSPS) is 17.5. The molecule has 2 aliphatic rings. The van der Waals surface area contributed by atoms with Gasteiger partial charge in [0, 0.05) is 17.4 Å². The van der Waals surface area contributed by atoms with Gasteiger partial charge in [-0.3, -0.25) is 14.5 Å². The molecule has 0 spiro atoms. The number of nitrogens with zero attached hydrogens (tertiary/aromatic N) is 1. The number of anilines is 1. The molecule has 0 radical (unpaired) electrons. The number of nitrogens with one attached hydrogen (secondary N) is 1. The summed E-state index contributed by atoms with van der Waals surface area (Å²) in [6, 6.07) is 14.8. The number of methoxy groups -OCH3 is 1. The van der Waals surface area contributed by atoms with E-state index in [0.717, 1.165) is 36.8 Å². The van der Waals surface area contributed by atoms with Crippen LogP contribution in [0.2, 0.25) is 0 Å². The Bertz CT molecular complexity index is 1190. The largest absolute Gasteiger partial charge is 0.484 e. The molecule has 188 valence electrons. The van der Waals surface area contributed by atoms with E-state index in [9.17, 15) is 14.4 Å². The monoisotopic (exact) mass is 488 g/mol. The van der Waals surface area contributed by atoms with E-state index in [1.165, 1.54) is 18.4 Å². The Morgan fingerprint density at radius 3 is 2.31 bits per heavy atom. The van der Waals surface area contributed by atoms with Crippen LogP contribution in [0.5, 0.6) is 5.75 Å². The van der Waals surface area contributed by atoms with Crippen molar-refractivity contribution < 1.29 is 23.9 Å². The van der Waals surface area contributed by atoms with Crippen LogP contribution in [0.1, 0.15) is 50.2 Å². The Kier molecular flexibility index (Phi) is 7.88. The molecule has 2 amide bonds. The predicted octanol–water partition coefficient (Wildman–Crippen LogP) is 4.70. The van der Waals surface area contributed by atoms with E-state index in [0.29, 0.717) is 17.1 Å². The van der Waals surface area contributed by atoms with Crippen LogP contribution in [0, 0.1) is 6.92 Å². The van der Waals surface area contributed by atoms with Crippen LogP contribution in [0.3, 0.4) is 0 Å². The van der Waals surface area contributed by atoms with Crippen molar-refractivity contribution in [3.05, 3.63) is 76.5 Å². The summed E-state index contributed by atoms with van der Waals surface area (Å²) < 4.78 is 10.6. The average Bonchev–Trinajstić information content (AvgIpc) is 3.13. The molecule has 0 aromatic heterocycles. The van der Waals surface area contributed by atoms with Gasteiger partial charge in [-0.05, 0) is 62.6 Å². The number of aryl methyl sites for hydroxylation is 1. The van der Waals surface area contributed by atoms with E-state index in [-0.39, 0.29) is 35.6 Å². The zero-order valence-electron chi connectivity index (χ0n) is 21.0. The highest BCUT2D eigenvalue weighted by Crippen LogP contribution is 2.35. The summed E-state index contributed by atoms with van der Waals surface area (Å²) in [6.07, 6.45) is 7.26.